The summed E-state index contributed by atoms with van der Waals surface area (Å²) in [7, 11) is 0. The molecule has 0 saturated heterocycles. The number of nitrogens with zero attached hydrogens (tertiary/aromatic N) is 1. The minimum absolute atomic E-state index is 0.0422. The average molecular weight is 389 g/mol. The van der Waals surface area contributed by atoms with Crippen molar-refractivity contribution in [1.29, 1.82) is 0 Å². The lowest BCUT2D eigenvalue weighted by molar-refractivity contribution is -0.187. The molecular weight excluding hydrogens is 366 g/mol. The van der Waals surface area contributed by atoms with E-state index >= 15 is 0 Å². The van der Waals surface area contributed by atoms with Crippen molar-refractivity contribution in [2.45, 2.75) is 58.8 Å². The summed E-state index contributed by atoms with van der Waals surface area (Å²) in [5.41, 5.74) is -0.169. The zero-order valence-electron chi connectivity index (χ0n) is 16.3. The third-order valence-electron chi connectivity index (χ3n) is 5.39. The second-order valence-corrected chi connectivity index (χ2v) is 7.28. The lowest BCUT2D eigenvalue weighted by Gasteiger charge is -2.33. The summed E-state index contributed by atoms with van der Waals surface area (Å²) in [4.78, 5) is 49.4. The number of aromatic nitrogens is 1. The molecule has 0 aliphatic carbocycles. The molecule has 3 heterocycles. The Kier molecular flexibility index (Phi) is 5.14. The van der Waals surface area contributed by atoms with E-state index in [1.807, 2.05) is 0 Å². The summed E-state index contributed by atoms with van der Waals surface area (Å²) >= 11 is 0. The van der Waals surface area contributed by atoms with Gasteiger partial charge in [0.2, 0.25) is 11.5 Å². The van der Waals surface area contributed by atoms with Crippen LogP contribution in [0.25, 0.3) is 0 Å². The topological polar surface area (TPSA) is 101 Å². The fourth-order valence-corrected chi connectivity index (χ4v) is 3.61. The van der Waals surface area contributed by atoms with Crippen LogP contribution in [0.5, 0.6) is 0 Å². The smallest absolute Gasteiger partial charge is 0.350 e. The van der Waals surface area contributed by atoms with Crippen LogP contribution in [0.1, 0.15) is 62.7 Å². The summed E-state index contributed by atoms with van der Waals surface area (Å²) in [5, 5.41) is 0. The van der Waals surface area contributed by atoms with Crippen molar-refractivity contribution in [1.82, 2.24) is 4.57 Å². The highest BCUT2D eigenvalue weighted by Gasteiger charge is 2.46. The number of esters is 3. The highest BCUT2D eigenvalue weighted by molar-refractivity contribution is 5.91. The molecule has 8 nitrogen and oxygen atoms in total. The molecule has 1 aromatic rings. The van der Waals surface area contributed by atoms with Crippen molar-refractivity contribution in [2.24, 2.45) is 5.92 Å². The predicted molar refractivity (Wildman–Crippen MR) is 96.0 cm³/mol. The molecule has 1 aromatic heterocycles. The first-order valence-corrected chi connectivity index (χ1v) is 9.13. The monoisotopic (exact) mass is 389 g/mol. The molecule has 0 N–H and O–H groups in total. The van der Waals surface area contributed by atoms with Gasteiger partial charge in [-0.1, -0.05) is 13.0 Å². The van der Waals surface area contributed by atoms with Crippen LogP contribution in [0.15, 0.2) is 23.9 Å². The van der Waals surface area contributed by atoms with Crippen molar-refractivity contribution in [3.05, 3.63) is 35.2 Å². The minimum Gasteiger partial charge on any atom is -0.458 e. The molecule has 28 heavy (non-hydrogen) atoms. The maximum absolute atomic E-state index is 12.8. The van der Waals surface area contributed by atoms with Gasteiger partial charge in [-0.3, -0.25) is 14.2 Å². The number of ether oxygens (including phenoxy) is 3. The molecule has 0 fully saturated rings. The van der Waals surface area contributed by atoms with Gasteiger partial charge in [0.25, 0.3) is 0 Å². The first-order valence-electron chi connectivity index (χ1n) is 9.13. The second kappa shape index (κ2) is 7.26. The maximum atomic E-state index is 12.8. The molecular formula is C20H23NO7. The van der Waals surface area contributed by atoms with Crippen LogP contribution in [0.3, 0.4) is 0 Å². The van der Waals surface area contributed by atoms with Gasteiger partial charge in [0.05, 0.1) is 12.1 Å². The quantitative estimate of drug-likeness (QED) is 0.413. The van der Waals surface area contributed by atoms with Crippen molar-refractivity contribution in [2.75, 3.05) is 0 Å². The molecule has 8 heteroatoms. The largest absolute Gasteiger partial charge is 0.458 e. The van der Waals surface area contributed by atoms with Crippen LogP contribution in [0.2, 0.25) is 0 Å². The number of cyclic esters (lactones) is 1. The van der Waals surface area contributed by atoms with Crippen molar-refractivity contribution in [3.8, 4) is 0 Å². The molecule has 0 amide bonds. The van der Waals surface area contributed by atoms with Crippen LogP contribution in [0.4, 0.5) is 0 Å². The molecule has 0 spiro atoms. The van der Waals surface area contributed by atoms with Gasteiger partial charge in [-0.25, -0.2) is 9.59 Å². The van der Waals surface area contributed by atoms with Crippen LogP contribution in [-0.2, 0) is 35.2 Å². The number of carbonyl (C=O) groups is 4. The Bertz CT molecular complexity index is 881. The molecule has 0 saturated carbocycles. The van der Waals surface area contributed by atoms with E-state index in [2.05, 4.69) is 0 Å². The van der Waals surface area contributed by atoms with E-state index in [9.17, 15) is 19.2 Å². The maximum Gasteiger partial charge on any atom is 0.350 e. The molecule has 2 aliphatic heterocycles. The number of carbonyl (C=O) groups excluding carboxylic acids is 4. The fourth-order valence-electron chi connectivity index (χ4n) is 3.61. The Morgan fingerprint density at radius 2 is 2.04 bits per heavy atom. The Labute approximate surface area is 162 Å². The van der Waals surface area contributed by atoms with Gasteiger partial charge >= 0.3 is 17.9 Å². The molecule has 150 valence electrons. The van der Waals surface area contributed by atoms with E-state index in [4.69, 9.17) is 14.2 Å². The third kappa shape index (κ3) is 3.34. The number of hydrogen-bond donors (Lipinski definition) is 0. The van der Waals surface area contributed by atoms with Crippen molar-refractivity contribution < 1.29 is 33.4 Å². The average Bonchev–Trinajstić information content (AvgIpc) is 3.17. The van der Waals surface area contributed by atoms with E-state index in [1.54, 1.807) is 32.2 Å². The molecule has 2 aliphatic rings. The lowest BCUT2D eigenvalue weighted by Crippen LogP contribution is -2.47. The van der Waals surface area contributed by atoms with Gasteiger partial charge in [-0.05, 0) is 26.3 Å². The van der Waals surface area contributed by atoms with E-state index in [0.29, 0.717) is 16.8 Å². The first kappa shape index (κ1) is 19.9. The zero-order valence-corrected chi connectivity index (χ0v) is 16.3. The molecule has 0 unspecified atom stereocenters. The highest BCUT2D eigenvalue weighted by atomic mass is 16.6. The Hall–Kier alpha value is -2.90. The van der Waals surface area contributed by atoms with Crippen molar-refractivity contribution >= 4 is 23.8 Å². The summed E-state index contributed by atoms with van der Waals surface area (Å²) < 4.78 is 17.8. The molecule has 0 aromatic carbocycles. The molecule has 0 radical (unpaired) electrons. The van der Waals surface area contributed by atoms with Crippen LogP contribution in [0, 0.1) is 5.92 Å². The van der Waals surface area contributed by atoms with Gasteiger partial charge in [0.1, 0.15) is 6.61 Å². The van der Waals surface area contributed by atoms with E-state index in [1.165, 1.54) is 18.4 Å². The molecule has 3 atom stereocenters. The third-order valence-corrected chi connectivity index (χ3v) is 5.39. The summed E-state index contributed by atoms with van der Waals surface area (Å²) in [6, 6.07) is 1.65. The first-order chi connectivity index (χ1) is 13.2. The van der Waals surface area contributed by atoms with Gasteiger partial charge in [0.15, 0.2) is 6.10 Å². The van der Waals surface area contributed by atoms with Crippen LogP contribution in [-0.4, -0.2) is 34.0 Å². The van der Waals surface area contributed by atoms with Gasteiger partial charge in [-0.15, -0.1) is 0 Å². The number of rotatable bonds is 1. The summed E-state index contributed by atoms with van der Waals surface area (Å²) in [6.07, 6.45) is 2.62. The van der Waals surface area contributed by atoms with Gasteiger partial charge < -0.3 is 14.2 Å². The normalized spacial score (nSPS) is 29.4. The van der Waals surface area contributed by atoms with E-state index in [0.717, 1.165) is 0 Å². The zero-order chi connectivity index (χ0) is 20.6. The second-order valence-electron chi connectivity index (χ2n) is 7.28. The number of hydrogen-bond acceptors (Lipinski definition) is 7. The Balaban J connectivity index is 2.04. The van der Waals surface area contributed by atoms with Crippen LogP contribution >= 0.6 is 0 Å². The highest BCUT2D eigenvalue weighted by Crippen LogP contribution is 2.36. The minimum atomic E-state index is -1.57. The molecule has 3 rings (SSSR count). The van der Waals surface area contributed by atoms with Crippen LogP contribution < -0.4 is 0 Å². The Morgan fingerprint density at radius 1 is 1.32 bits per heavy atom. The predicted octanol–water partition coefficient (Wildman–Crippen LogP) is 2.47. The van der Waals surface area contributed by atoms with Gasteiger partial charge in [0, 0.05) is 30.2 Å². The number of allylic oxidation sites excluding steroid dienone is 1. The van der Waals surface area contributed by atoms with Crippen molar-refractivity contribution in [3.63, 3.8) is 0 Å². The van der Waals surface area contributed by atoms with Gasteiger partial charge in [-0.2, -0.15) is 0 Å². The standard InChI is InChI=1S/C20H23NO7/c1-5-13-8-11(2)20(4,28-12(3)22)19(25)26-10-14-6-7-21-16(23)9-15(17(14)21)27-18(13)24/h5-7,11,15H,8-10H2,1-4H3/t11-,15+,20-/m1/s1. The van der Waals surface area contributed by atoms with E-state index in [-0.39, 0.29) is 25.4 Å². The summed E-state index contributed by atoms with van der Waals surface area (Å²) in [5.74, 6) is -2.64. The SMILES string of the molecule is CC=C1C[C@@H](C)[C@@](C)(OC(C)=O)C(=O)OCc2ccn3c2[C@H](CC3=O)OC1=O. The Morgan fingerprint density at radius 3 is 2.68 bits per heavy atom. The fraction of sp³-hybridized carbons (Fsp3) is 0.500. The molecule has 0 bridgehead atoms. The summed E-state index contributed by atoms with van der Waals surface area (Å²) in [6.45, 7) is 5.95. The van der Waals surface area contributed by atoms with E-state index < -0.39 is 35.5 Å². The lowest BCUT2D eigenvalue weighted by atomic mass is 9.85.